The molecule has 0 aromatic heterocycles. The van der Waals surface area contributed by atoms with E-state index in [1.165, 1.54) is 16.8 Å². The zero-order valence-corrected chi connectivity index (χ0v) is 9.52. The Bertz CT molecular complexity index is 350. The van der Waals surface area contributed by atoms with E-state index in [2.05, 4.69) is 51.2 Å². The summed E-state index contributed by atoms with van der Waals surface area (Å²) in [5, 5.41) is 3.49. The van der Waals surface area contributed by atoms with Gasteiger partial charge >= 0.3 is 0 Å². The van der Waals surface area contributed by atoms with Crippen LogP contribution in [0, 0.1) is 0 Å². The molecule has 0 fully saturated rings. The van der Waals surface area contributed by atoms with E-state index in [4.69, 9.17) is 0 Å². The Labute approximate surface area is 86.5 Å². The van der Waals surface area contributed by atoms with Crippen molar-refractivity contribution in [2.24, 2.45) is 0 Å². The van der Waals surface area contributed by atoms with E-state index in [0.717, 1.165) is 6.54 Å². The molecule has 14 heavy (non-hydrogen) atoms. The molecule has 1 heterocycles. The Morgan fingerprint density at radius 1 is 1.29 bits per heavy atom. The highest BCUT2D eigenvalue weighted by Gasteiger charge is 2.32. The molecule has 0 spiro atoms. The maximum Gasteiger partial charge on any atom is 0.0382 e. The van der Waals surface area contributed by atoms with Gasteiger partial charge in [-0.05, 0) is 23.1 Å². The van der Waals surface area contributed by atoms with Crippen molar-refractivity contribution >= 4 is 5.69 Å². The van der Waals surface area contributed by atoms with E-state index < -0.39 is 0 Å². The van der Waals surface area contributed by atoms with Crippen LogP contribution >= 0.6 is 0 Å². The topological polar surface area (TPSA) is 12.0 Å². The summed E-state index contributed by atoms with van der Waals surface area (Å²) in [6, 6.07) is 6.61. The molecule has 0 bridgehead atoms. The van der Waals surface area contributed by atoms with Gasteiger partial charge < -0.3 is 5.32 Å². The van der Waals surface area contributed by atoms with Crippen LogP contribution in [0.4, 0.5) is 5.69 Å². The maximum atomic E-state index is 3.49. The second-order valence-electron chi connectivity index (χ2n) is 5.16. The van der Waals surface area contributed by atoms with Crippen molar-refractivity contribution < 1.29 is 0 Å². The molecular weight excluding hydrogens is 170 g/mol. The smallest absolute Gasteiger partial charge is 0.0382 e. The van der Waals surface area contributed by atoms with Crippen molar-refractivity contribution in [3.8, 4) is 0 Å². The molecule has 2 rings (SSSR count). The van der Waals surface area contributed by atoms with Gasteiger partial charge in [-0.15, -0.1) is 0 Å². The highest BCUT2D eigenvalue weighted by atomic mass is 14.9. The summed E-state index contributed by atoms with van der Waals surface area (Å²) in [6.07, 6.45) is 0. The number of hydrogen-bond donors (Lipinski definition) is 1. The molecule has 1 aliphatic heterocycles. The van der Waals surface area contributed by atoms with Gasteiger partial charge in [0, 0.05) is 17.6 Å². The average molecular weight is 189 g/mol. The Kier molecular flexibility index (Phi) is 2.06. The summed E-state index contributed by atoms with van der Waals surface area (Å²) in [4.78, 5) is 0. The van der Waals surface area contributed by atoms with Crippen LogP contribution in [0.25, 0.3) is 0 Å². The second-order valence-corrected chi connectivity index (χ2v) is 5.16. The molecule has 0 aliphatic carbocycles. The van der Waals surface area contributed by atoms with Gasteiger partial charge in [-0.25, -0.2) is 0 Å². The minimum Gasteiger partial charge on any atom is -0.384 e. The fraction of sp³-hybridized carbons (Fsp3) is 0.538. The third-order valence-corrected chi connectivity index (χ3v) is 3.12. The van der Waals surface area contributed by atoms with Gasteiger partial charge in [0.1, 0.15) is 0 Å². The predicted octanol–water partition coefficient (Wildman–Crippen LogP) is 3.51. The molecule has 0 unspecified atom stereocenters. The predicted molar refractivity (Wildman–Crippen MR) is 62.0 cm³/mol. The summed E-state index contributed by atoms with van der Waals surface area (Å²) in [5.74, 6) is 0.615. The van der Waals surface area contributed by atoms with Crippen LogP contribution in [0.5, 0.6) is 0 Å². The molecule has 76 valence electrons. The third kappa shape index (κ3) is 1.31. The highest BCUT2D eigenvalue weighted by molar-refractivity contribution is 5.63. The van der Waals surface area contributed by atoms with Crippen LogP contribution < -0.4 is 5.32 Å². The van der Waals surface area contributed by atoms with Crippen molar-refractivity contribution in [2.45, 2.75) is 39.0 Å². The first kappa shape index (κ1) is 9.57. The molecule has 1 heteroatoms. The Morgan fingerprint density at radius 3 is 2.64 bits per heavy atom. The first-order chi connectivity index (χ1) is 6.52. The van der Waals surface area contributed by atoms with Gasteiger partial charge in [-0.1, -0.05) is 39.8 Å². The van der Waals surface area contributed by atoms with E-state index in [1.807, 2.05) is 0 Å². The minimum atomic E-state index is 0.288. The lowest BCUT2D eigenvalue weighted by Gasteiger charge is -2.22. The van der Waals surface area contributed by atoms with Crippen LogP contribution in [-0.4, -0.2) is 6.54 Å². The lowest BCUT2D eigenvalue weighted by atomic mass is 9.81. The first-order valence-corrected chi connectivity index (χ1v) is 5.39. The van der Waals surface area contributed by atoms with Crippen LogP contribution in [0.3, 0.4) is 0 Å². The van der Waals surface area contributed by atoms with Gasteiger partial charge in [0.05, 0.1) is 0 Å². The van der Waals surface area contributed by atoms with Crippen molar-refractivity contribution in [1.82, 2.24) is 0 Å². The Hall–Kier alpha value is -0.980. The van der Waals surface area contributed by atoms with E-state index in [9.17, 15) is 0 Å². The lowest BCUT2D eigenvalue weighted by molar-refractivity contribution is 0.575. The van der Waals surface area contributed by atoms with E-state index in [0.29, 0.717) is 5.92 Å². The second kappa shape index (κ2) is 3.01. The summed E-state index contributed by atoms with van der Waals surface area (Å²) >= 11 is 0. The number of fused-ring (bicyclic) bond motifs is 1. The maximum absolute atomic E-state index is 3.49. The van der Waals surface area contributed by atoms with Crippen molar-refractivity contribution in [3.05, 3.63) is 29.3 Å². The van der Waals surface area contributed by atoms with Crippen molar-refractivity contribution in [3.63, 3.8) is 0 Å². The van der Waals surface area contributed by atoms with Crippen LogP contribution in [0.15, 0.2) is 18.2 Å². The average Bonchev–Trinajstić information content (AvgIpc) is 2.43. The normalized spacial score (nSPS) is 18.1. The standard InChI is InChI=1S/C13H19N/c1-9(2)10-6-5-7-11-12(10)13(3,4)8-14-11/h5-7,9,14H,8H2,1-4H3. The van der Waals surface area contributed by atoms with Crippen molar-refractivity contribution in [2.75, 3.05) is 11.9 Å². The number of hydrogen-bond acceptors (Lipinski definition) is 1. The molecule has 0 atom stereocenters. The largest absolute Gasteiger partial charge is 0.384 e. The number of benzene rings is 1. The number of rotatable bonds is 1. The Balaban J connectivity index is 2.60. The zero-order valence-electron chi connectivity index (χ0n) is 9.52. The highest BCUT2D eigenvalue weighted by Crippen LogP contribution is 2.40. The summed E-state index contributed by atoms with van der Waals surface area (Å²) in [7, 11) is 0. The SMILES string of the molecule is CC(C)c1cccc2c1C(C)(C)CN2. The molecule has 0 saturated heterocycles. The minimum absolute atomic E-state index is 0.288. The van der Waals surface area contributed by atoms with E-state index in [-0.39, 0.29) is 5.41 Å². The molecule has 1 aromatic carbocycles. The number of anilines is 1. The van der Waals surface area contributed by atoms with Crippen LogP contribution in [-0.2, 0) is 5.41 Å². The van der Waals surface area contributed by atoms with Gasteiger partial charge in [-0.2, -0.15) is 0 Å². The molecule has 1 N–H and O–H groups in total. The third-order valence-electron chi connectivity index (χ3n) is 3.12. The molecule has 0 radical (unpaired) electrons. The monoisotopic (exact) mass is 189 g/mol. The zero-order chi connectivity index (χ0) is 10.3. The van der Waals surface area contributed by atoms with Gasteiger partial charge in [0.2, 0.25) is 0 Å². The van der Waals surface area contributed by atoms with E-state index >= 15 is 0 Å². The molecule has 1 aliphatic rings. The molecular formula is C13H19N. The van der Waals surface area contributed by atoms with Crippen molar-refractivity contribution in [1.29, 1.82) is 0 Å². The summed E-state index contributed by atoms with van der Waals surface area (Å²) in [6.45, 7) is 10.2. The molecule has 1 aromatic rings. The summed E-state index contributed by atoms with van der Waals surface area (Å²) in [5.41, 5.74) is 4.64. The van der Waals surface area contributed by atoms with E-state index in [1.54, 1.807) is 0 Å². The van der Waals surface area contributed by atoms with Gasteiger partial charge in [-0.3, -0.25) is 0 Å². The van der Waals surface area contributed by atoms with Crippen LogP contribution in [0.1, 0.15) is 44.7 Å². The lowest BCUT2D eigenvalue weighted by Crippen LogP contribution is -2.20. The summed E-state index contributed by atoms with van der Waals surface area (Å²) < 4.78 is 0. The number of nitrogens with one attached hydrogen (secondary N) is 1. The molecule has 0 saturated carbocycles. The fourth-order valence-electron chi connectivity index (χ4n) is 2.36. The quantitative estimate of drug-likeness (QED) is 0.712. The Morgan fingerprint density at radius 2 is 2.00 bits per heavy atom. The molecule has 0 amide bonds. The fourth-order valence-corrected chi connectivity index (χ4v) is 2.36. The van der Waals surface area contributed by atoms with Gasteiger partial charge in [0.25, 0.3) is 0 Å². The van der Waals surface area contributed by atoms with Gasteiger partial charge in [0.15, 0.2) is 0 Å². The molecule has 1 nitrogen and oxygen atoms in total. The van der Waals surface area contributed by atoms with Crippen LogP contribution in [0.2, 0.25) is 0 Å². The first-order valence-electron chi connectivity index (χ1n) is 5.39.